The third-order valence-electron chi connectivity index (χ3n) is 4.87. The molecule has 0 radical (unpaired) electrons. The molecule has 0 saturated carbocycles. The van der Waals surface area contributed by atoms with E-state index in [9.17, 15) is 4.79 Å². The Bertz CT molecular complexity index is 729. The van der Waals surface area contributed by atoms with Crippen LogP contribution in [-0.4, -0.2) is 47.0 Å². The Morgan fingerprint density at radius 1 is 1.00 bits per heavy atom. The largest absolute Gasteiger partial charge is 0.353 e. The maximum Gasteiger partial charge on any atom is 0.232 e. The van der Waals surface area contributed by atoms with Crippen molar-refractivity contribution in [2.75, 3.05) is 31.1 Å². The molecule has 1 fully saturated rings. The van der Waals surface area contributed by atoms with Gasteiger partial charge in [-0.05, 0) is 33.3 Å². The van der Waals surface area contributed by atoms with Gasteiger partial charge in [0.2, 0.25) is 5.91 Å². The normalized spacial score (nSPS) is 15.4. The minimum absolute atomic E-state index is 0.188. The summed E-state index contributed by atoms with van der Waals surface area (Å²) in [6.07, 6.45) is 0. The van der Waals surface area contributed by atoms with Gasteiger partial charge in [-0.3, -0.25) is 4.79 Å². The predicted octanol–water partition coefficient (Wildman–Crippen LogP) is 2.72. The molecule has 0 aliphatic carbocycles. The molecule has 2 aromatic rings. The van der Waals surface area contributed by atoms with Gasteiger partial charge in [-0.2, -0.15) is 0 Å². The summed E-state index contributed by atoms with van der Waals surface area (Å²) in [5.41, 5.74) is 1.53. The Kier molecular flexibility index (Phi) is 4.75. The van der Waals surface area contributed by atoms with E-state index in [4.69, 9.17) is 0 Å². The number of nitrogens with zero attached hydrogens (tertiary/aromatic N) is 4. The maximum absolute atomic E-state index is 13.1. The van der Waals surface area contributed by atoms with E-state index in [0.717, 1.165) is 49.1 Å². The molecule has 3 rings (SSSR count). The second-order valence-corrected chi connectivity index (χ2v) is 7.19. The van der Waals surface area contributed by atoms with Gasteiger partial charge >= 0.3 is 0 Å². The Morgan fingerprint density at radius 3 is 2.24 bits per heavy atom. The van der Waals surface area contributed by atoms with Crippen LogP contribution in [0.5, 0.6) is 0 Å². The maximum atomic E-state index is 13.1. The van der Waals surface area contributed by atoms with Crippen LogP contribution in [0.15, 0.2) is 36.4 Å². The molecule has 1 aromatic carbocycles. The van der Waals surface area contributed by atoms with E-state index < -0.39 is 5.41 Å². The molecular formula is C20H26N4O. The number of piperazine rings is 1. The number of anilines is 1. The lowest BCUT2D eigenvalue weighted by atomic mass is 9.83. The lowest BCUT2D eigenvalue weighted by Gasteiger charge is -2.39. The number of aryl methyl sites for hydroxylation is 2. The van der Waals surface area contributed by atoms with Gasteiger partial charge in [-0.25, -0.2) is 9.97 Å². The second-order valence-electron chi connectivity index (χ2n) is 7.19. The molecule has 0 N–H and O–H groups in total. The zero-order valence-corrected chi connectivity index (χ0v) is 15.5. The SMILES string of the molecule is Cc1cc(N2CCN(C(=O)C(C)(C)c3ccccc3)CC2)nc(C)n1. The minimum atomic E-state index is -0.508. The van der Waals surface area contributed by atoms with Gasteiger partial charge in [0, 0.05) is 37.9 Å². The molecule has 0 unspecified atom stereocenters. The van der Waals surface area contributed by atoms with Gasteiger partial charge in [0.15, 0.2) is 0 Å². The topological polar surface area (TPSA) is 49.3 Å². The fourth-order valence-electron chi connectivity index (χ4n) is 3.37. The Balaban J connectivity index is 1.68. The van der Waals surface area contributed by atoms with Crippen molar-refractivity contribution >= 4 is 11.7 Å². The number of amides is 1. The standard InChI is InChI=1S/C20H26N4O/c1-15-14-18(22-16(2)21-15)23-10-12-24(13-11-23)19(25)20(3,4)17-8-6-5-7-9-17/h5-9,14H,10-13H2,1-4H3. The lowest BCUT2D eigenvalue weighted by Crippen LogP contribution is -2.53. The first kappa shape index (κ1) is 17.4. The molecule has 1 amide bonds. The highest BCUT2D eigenvalue weighted by Gasteiger charge is 2.35. The molecule has 0 spiro atoms. The van der Waals surface area contributed by atoms with E-state index in [2.05, 4.69) is 14.9 Å². The fourth-order valence-corrected chi connectivity index (χ4v) is 3.37. The first-order chi connectivity index (χ1) is 11.9. The van der Waals surface area contributed by atoms with Crippen molar-refractivity contribution in [1.29, 1.82) is 0 Å². The van der Waals surface area contributed by atoms with Crippen molar-refractivity contribution in [3.05, 3.63) is 53.5 Å². The average Bonchev–Trinajstić information content (AvgIpc) is 2.61. The molecule has 1 aromatic heterocycles. The summed E-state index contributed by atoms with van der Waals surface area (Å²) in [6, 6.07) is 12.0. The summed E-state index contributed by atoms with van der Waals surface area (Å²) in [7, 11) is 0. The Morgan fingerprint density at radius 2 is 1.64 bits per heavy atom. The smallest absolute Gasteiger partial charge is 0.232 e. The van der Waals surface area contributed by atoms with Crippen molar-refractivity contribution in [2.24, 2.45) is 0 Å². The number of carbonyl (C=O) groups is 1. The van der Waals surface area contributed by atoms with E-state index in [-0.39, 0.29) is 5.91 Å². The molecule has 2 heterocycles. The third kappa shape index (κ3) is 3.65. The summed E-state index contributed by atoms with van der Waals surface area (Å²) in [5, 5.41) is 0. The van der Waals surface area contributed by atoms with Crippen LogP contribution < -0.4 is 4.90 Å². The molecule has 1 aliphatic heterocycles. The van der Waals surface area contributed by atoms with Gasteiger partial charge in [-0.15, -0.1) is 0 Å². The number of hydrogen-bond donors (Lipinski definition) is 0. The molecular weight excluding hydrogens is 312 g/mol. The van der Waals surface area contributed by atoms with Crippen LogP contribution in [-0.2, 0) is 10.2 Å². The van der Waals surface area contributed by atoms with Crippen molar-refractivity contribution in [3.8, 4) is 0 Å². The zero-order chi connectivity index (χ0) is 18.0. The molecule has 0 bridgehead atoms. The van der Waals surface area contributed by atoms with Crippen LogP contribution in [0, 0.1) is 13.8 Å². The first-order valence-electron chi connectivity index (χ1n) is 8.80. The molecule has 25 heavy (non-hydrogen) atoms. The van der Waals surface area contributed by atoms with E-state index in [1.54, 1.807) is 0 Å². The van der Waals surface area contributed by atoms with Crippen LogP contribution in [0.4, 0.5) is 5.82 Å². The van der Waals surface area contributed by atoms with Crippen LogP contribution in [0.1, 0.15) is 30.9 Å². The fraction of sp³-hybridized carbons (Fsp3) is 0.450. The summed E-state index contributed by atoms with van der Waals surface area (Å²) in [5.74, 6) is 1.94. The van der Waals surface area contributed by atoms with E-state index >= 15 is 0 Å². The molecule has 5 heteroatoms. The molecule has 0 atom stereocenters. The Hall–Kier alpha value is -2.43. The summed E-state index contributed by atoms with van der Waals surface area (Å²) >= 11 is 0. The molecule has 1 saturated heterocycles. The van der Waals surface area contributed by atoms with Gasteiger partial charge in [0.25, 0.3) is 0 Å². The molecule has 5 nitrogen and oxygen atoms in total. The zero-order valence-electron chi connectivity index (χ0n) is 15.5. The first-order valence-corrected chi connectivity index (χ1v) is 8.80. The van der Waals surface area contributed by atoms with Crippen LogP contribution >= 0.6 is 0 Å². The van der Waals surface area contributed by atoms with E-state index in [1.807, 2.05) is 69.0 Å². The van der Waals surface area contributed by atoms with E-state index in [1.165, 1.54) is 0 Å². The third-order valence-corrected chi connectivity index (χ3v) is 4.87. The number of rotatable bonds is 3. The van der Waals surface area contributed by atoms with Crippen molar-refractivity contribution in [3.63, 3.8) is 0 Å². The van der Waals surface area contributed by atoms with Gasteiger partial charge < -0.3 is 9.80 Å². The highest BCUT2D eigenvalue weighted by molar-refractivity contribution is 5.87. The van der Waals surface area contributed by atoms with Crippen LogP contribution in [0.25, 0.3) is 0 Å². The van der Waals surface area contributed by atoms with Crippen LogP contribution in [0.3, 0.4) is 0 Å². The van der Waals surface area contributed by atoms with Gasteiger partial charge in [0.05, 0.1) is 5.41 Å². The highest BCUT2D eigenvalue weighted by Crippen LogP contribution is 2.26. The van der Waals surface area contributed by atoms with Crippen molar-refractivity contribution in [1.82, 2.24) is 14.9 Å². The predicted molar refractivity (Wildman–Crippen MR) is 99.8 cm³/mol. The highest BCUT2D eigenvalue weighted by atomic mass is 16.2. The van der Waals surface area contributed by atoms with Gasteiger partial charge in [0.1, 0.15) is 11.6 Å². The number of hydrogen-bond acceptors (Lipinski definition) is 4. The number of carbonyl (C=O) groups excluding carboxylic acids is 1. The molecule has 132 valence electrons. The Labute approximate surface area is 149 Å². The van der Waals surface area contributed by atoms with Crippen LogP contribution in [0.2, 0.25) is 0 Å². The van der Waals surface area contributed by atoms with Crippen molar-refractivity contribution < 1.29 is 4.79 Å². The summed E-state index contributed by atoms with van der Waals surface area (Å²) in [6.45, 7) is 11.0. The van der Waals surface area contributed by atoms with Crippen molar-refractivity contribution in [2.45, 2.75) is 33.1 Å². The lowest BCUT2D eigenvalue weighted by molar-refractivity contribution is -0.136. The number of benzene rings is 1. The number of aromatic nitrogens is 2. The summed E-state index contributed by atoms with van der Waals surface area (Å²) < 4.78 is 0. The monoisotopic (exact) mass is 338 g/mol. The quantitative estimate of drug-likeness (QED) is 0.863. The second kappa shape index (κ2) is 6.82. The molecule has 1 aliphatic rings. The van der Waals surface area contributed by atoms with E-state index in [0.29, 0.717) is 0 Å². The van der Waals surface area contributed by atoms with Gasteiger partial charge in [-0.1, -0.05) is 30.3 Å². The minimum Gasteiger partial charge on any atom is -0.353 e. The summed E-state index contributed by atoms with van der Waals surface area (Å²) in [4.78, 5) is 26.1. The average molecular weight is 338 g/mol.